The third kappa shape index (κ3) is 4.07. The van der Waals surface area contributed by atoms with E-state index in [1.807, 2.05) is 29.9 Å². The van der Waals surface area contributed by atoms with E-state index in [-0.39, 0.29) is 6.04 Å². The van der Waals surface area contributed by atoms with Crippen molar-refractivity contribution in [1.29, 1.82) is 0 Å². The van der Waals surface area contributed by atoms with Crippen molar-refractivity contribution in [2.45, 2.75) is 19.0 Å². The second kappa shape index (κ2) is 7.94. The normalized spacial score (nSPS) is 12.6. The number of hydrogen-bond acceptors (Lipinski definition) is 3. The van der Waals surface area contributed by atoms with E-state index >= 15 is 0 Å². The molecule has 21 heavy (non-hydrogen) atoms. The van der Waals surface area contributed by atoms with Gasteiger partial charge in [0, 0.05) is 11.6 Å². The number of ether oxygens (including phenoxy) is 1. The smallest absolute Gasteiger partial charge is 0.0834 e. The minimum absolute atomic E-state index is 0.0931. The van der Waals surface area contributed by atoms with Crippen LogP contribution in [0.15, 0.2) is 34.9 Å². The number of methoxy groups -OCH3 is 1. The fourth-order valence-electron chi connectivity index (χ4n) is 2.29. The zero-order valence-corrected chi connectivity index (χ0v) is 14.5. The Bertz CT molecular complexity index is 588. The van der Waals surface area contributed by atoms with Gasteiger partial charge < -0.3 is 10.1 Å². The van der Waals surface area contributed by atoms with Crippen LogP contribution in [0.4, 0.5) is 0 Å². The van der Waals surface area contributed by atoms with Crippen molar-refractivity contribution < 1.29 is 4.74 Å². The molecule has 0 aliphatic heterocycles. The van der Waals surface area contributed by atoms with Gasteiger partial charge in [-0.15, -0.1) is 0 Å². The average Bonchev–Trinajstić information content (AvgIpc) is 2.85. The van der Waals surface area contributed by atoms with Crippen LogP contribution in [-0.4, -0.2) is 30.5 Å². The number of rotatable bonds is 7. The molecule has 1 atom stereocenters. The number of benzene rings is 1. The maximum atomic E-state index is 6.33. The molecule has 0 saturated carbocycles. The molecule has 0 aliphatic rings. The number of nitrogens with zero attached hydrogens (tertiary/aromatic N) is 2. The highest BCUT2D eigenvalue weighted by Crippen LogP contribution is 2.28. The molecule has 1 unspecified atom stereocenters. The molecule has 0 spiro atoms. The molecule has 0 aliphatic carbocycles. The van der Waals surface area contributed by atoms with Crippen molar-refractivity contribution in [3.8, 4) is 0 Å². The lowest BCUT2D eigenvalue weighted by Gasteiger charge is -2.19. The molecule has 0 bridgehead atoms. The molecule has 1 aromatic carbocycles. The van der Waals surface area contributed by atoms with Crippen molar-refractivity contribution in [2.24, 2.45) is 0 Å². The van der Waals surface area contributed by atoms with Crippen molar-refractivity contribution in [3.05, 3.63) is 51.2 Å². The average molecular weight is 373 g/mol. The fourth-order valence-corrected chi connectivity index (χ4v) is 3.01. The largest absolute Gasteiger partial charge is 0.383 e. The van der Waals surface area contributed by atoms with Crippen LogP contribution in [0.2, 0.25) is 5.02 Å². The van der Waals surface area contributed by atoms with Gasteiger partial charge in [-0.3, -0.25) is 4.68 Å². The van der Waals surface area contributed by atoms with Gasteiger partial charge in [0.25, 0.3) is 0 Å². The summed E-state index contributed by atoms with van der Waals surface area (Å²) in [4.78, 5) is 0. The van der Waals surface area contributed by atoms with E-state index in [4.69, 9.17) is 16.3 Å². The predicted molar refractivity (Wildman–Crippen MR) is 88.8 cm³/mol. The van der Waals surface area contributed by atoms with Gasteiger partial charge in [-0.2, -0.15) is 5.10 Å². The van der Waals surface area contributed by atoms with Gasteiger partial charge in [-0.25, -0.2) is 0 Å². The van der Waals surface area contributed by atoms with E-state index in [2.05, 4.69) is 32.4 Å². The van der Waals surface area contributed by atoms with E-state index < -0.39 is 0 Å². The Labute approximate surface area is 138 Å². The molecule has 2 aromatic rings. The first-order valence-corrected chi connectivity index (χ1v) is 7.95. The molecule has 0 amide bonds. The predicted octanol–water partition coefficient (Wildman–Crippen LogP) is 3.45. The molecule has 0 fully saturated rings. The zero-order chi connectivity index (χ0) is 15.2. The third-order valence-corrected chi connectivity index (χ3v) is 4.47. The van der Waals surface area contributed by atoms with E-state index in [1.165, 1.54) is 5.56 Å². The van der Waals surface area contributed by atoms with Crippen LogP contribution in [0.1, 0.15) is 17.3 Å². The Morgan fingerprint density at radius 2 is 2.19 bits per heavy atom. The summed E-state index contributed by atoms with van der Waals surface area (Å²) in [5, 5.41) is 8.35. The van der Waals surface area contributed by atoms with Gasteiger partial charge in [0.15, 0.2) is 0 Å². The van der Waals surface area contributed by atoms with Gasteiger partial charge >= 0.3 is 0 Å². The van der Waals surface area contributed by atoms with Gasteiger partial charge in [0.2, 0.25) is 0 Å². The molecule has 6 heteroatoms. The van der Waals surface area contributed by atoms with Crippen molar-refractivity contribution >= 4 is 27.5 Å². The van der Waals surface area contributed by atoms with Crippen LogP contribution in [0, 0.1) is 0 Å². The Hall–Kier alpha value is -0.880. The maximum Gasteiger partial charge on any atom is 0.0834 e. The standard InChI is InChI=1S/C15H19BrClN3O/c1-18-14(9-11-5-3-4-6-12(11)16)15-13(17)10-19-20(15)7-8-21-2/h3-6,10,14,18H,7-9H2,1-2H3. The van der Waals surface area contributed by atoms with E-state index in [0.717, 1.165) is 16.6 Å². The summed E-state index contributed by atoms with van der Waals surface area (Å²) in [6.45, 7) is 1.29. The quantitative estimate of drug-likeness (QED) is 0.809. The number of likely N-dealkylation sites (N-methyl/N-ethyl adjacent to an activating group) is 1. The van der Waals surface area contributed by atoms with Crippen molar-refractivity contribution in [1.82, 2.24) is 15.1 Å². The van der Waals surface area contributed by atoms with Gasteiger partial charge in [-0.1, -0.05) is 45.7 Å². The topological polar surface area (TPSA) is 39.1 Å². The first-order valence-electron chi connectivity index (χ1n) is 6.78. The van der Waals surface area contributed by atoms with Crippen molar-refractivity contribution in [3.63, 3.8) is 0 Å². The molecular formula is C15H19BrClN3O. The summed E-state index contributed by atoms with van der Waals surface area (Å²) < 4.78 is 8.14. The van der Waals surface area contributed by atoms with E-state index in [1.54, 1.807) is 13.3 Å². The third-order valence-electron chi connectivity index (χ3n) is 3.40. The number of halogens is 2. The minimum Gasteiger partial charge on any atom is -0.383 e. The second-order valence-electron chi connectivity index (χ2n) is 4.73. The van der Waals surface area contributed by atoms with Crippen LogP contribution in [0.5, 0.6) is 0 Å². The lowest BCUT2D eigenvalue weighted by Crippen LogP contribution is -2.24. The summed E-state index contributed by atoms with van der Waals surface area (Å²) >= 11 is 9.92. The van der Waals surface area contributed by atoms with Gasteiger partial charge in [0.05, 0.1) is 36.1 Å². The highest BCUT2D eigenvalue weighted by molar-refractivity contribution is 9.10. The number of hydrogen-bond donors (Lipinski definition) is 1. The first kappa shape index (κ1) is 16.5. The lowest BCUT2D eigenvalue weighted by molar-refractivity contribution is 0.181. The summed E-state index contributed by atoms with van der Waals surface area (Å²) in [5.41, 5.74) is 2.22. The number of aromatic nitrogens is 2. The van der Waals surface area contributed by atoms with E-state index in [0.29, 0.717) is 18.2 Å². The molecule has 1 heterocycles. The highest BCUT2D eigenvalue weighted by Gasteiger charge is 2.20. The summed E-state index contributed by atoms with van der Waals surface area (Å²) in [7, 11) is 3.62. The van der Waals surface area contributed by atoms with Gasteiger partial charge in [-0.05, 0) is 25.1 Å². The van der Waals surface area contributed by atoms with Crippen LogP contribution in [0.25, 0.3) is 0 Å². The van der Waals surface area contributed by atoms with Crippen LogP contribution in [0.3, 0.4) is 0 Å². The monoisotopic (exact) mass is 371 g/mol. The summed E-state index contributed by atoms with van der Waals surface area (Å²) in [6.07, 6.45) is 2.52. The molecule has 0 saturated heterocycles. The molecule has 1 N–H and O–H groups in total. The van der Waals surface area contributed by atoms with Gasteiger partial charge in [0.1, 0.15) is 0 Å². The molecule has 4 nitrogen and oxygen atoms in total. The minimum atomic E-state index is 0.0931. The van der Waals surface area contributed by atoms with Crippen molar-refractivity contribution in [2.75, 3.05) is 20.8 Å². The fraction of sp³-hybridized carbons (Fsp3) is 0.400. The Morgan fingerprint density at radius 3 is 2.86 bits per heavy atom. The Balaban J connectivity index is 2.25. The Kier molecular flexibility index (Phi) is 6.23. The highest BCUT2D eigenvalue weighted by atomic mass is 79.9. The molecule has 1 aromatic heterocycles. The van der Waals surface area contributed by atoms with Crippen LogP contribution >= 0.6 is 27.5 Å². The molecule has 2 rings (SSSR count). The molecule has 114 valence electrons. The molecule has 0 radical (unpaired) electrons. The SMILES string of the molecule is CNC(Cc1ccccc1Br)c1c(Cl)cnn1CCOC. The molecular weight excluding hydrogens is 354 g/mol. The lowest BCUT2D eigenvalue weighted by atomic mass is 10.0. The van der Waals surface area contributed by atoms with Crippen LogP contribution < -0.4 is 5.32 Å². The van der Waals surface area contributed by atoms with Crippen LogP contribution in [-0.2, 0) is 17.7 Å². The maximum absolute atomic E-state index is 6.33. The summed E-state index contributed by atoms with van der Waals surface area (Å²) in [5.74, 6) is 0. The summed E-state index contributed by atoms with van der Waals surface area (Å²) in [6, 6.07) is 8.30. The zero-order valence-electron chi connectivity index (χ0n) is 12.1. The van der Waals surface area contributed by atoms with E-state index in [9.17, 15) is 0 Å². The number of nitrogens with one attached hydrogen (secondary N) is 1. The Morgan fingerprint density at radius 1 is 1.43 bits per heavy atom. The first-order chi connectivity index (χ1) is 10.2. The second-order valence-corrected chi connectivity index (χ2v) is 5.99.